The van der Waals surface area contributed by atoms with Crippen molar-refractivity contribution >= 4 is 35.1 Å². The van der Waals surface area contributed by atoms with Gasteiger partial charge < -0.3 is 5.32 Å². The van der Waals surface area contributed by atoms with E-state index >= 15 is 0 Å². The lowest BCUT2D eigenvalue weighted by atomic mass is 10.0. The molecule has 1 heterocycles. The van der Waals surface area contributed by atoms with Crippen LogP contribution in [-0.4, -0.2) is 35.1 Å². The van der Waals surface area contributed by atoms with Gasteiger partial charge in [0, 0.05) is 39.1 Å². The number of nitrogens with one attached hydrogen (secondary N) is 1. The fraction of sp³-hybridized carbons (Fsp3) is 0.600. The molecule has 1 aliphatic heterocycles. The smallest absolute Gasteiger partial charge is 0.127 e. The fourth-order valence-electron chi connectivity index (χ4n) is 2.35. The van der Waals surface area contributed by atoms with Gasteiger partial charge >= 0.3 is 0 Å². The van der Waals surface area contributed by atoms with Crippen molar-refractivity contribution in [2.45, 2.75) is 31.1 Å². The standard InChI is InChI=1S/C15H21ClFNS2/c1-2-6-18-14(15-10-19-7-8-20-15)9-11-12(16)4-3-5-13(11)17/h3-5,14-15,18H,2,6-10H2,1H3. The number of thioether (sulfide) groups is 2. The molecule has 0 aromatic heterocycles. The van der Waals surface area contributed by atoms with Gasteiger partial charge in [-0.25, -0.2) is 4.39 Å². The largest absolute Gasteiger partial charge is 0.313 e. The SMILES string of the molecule is CCCNC(Cc1c(F)cccc1Cl)C1CSCCS1. The molecule has 0 saturated carbocycles. The van der Waals surface area contributed by atoms with Gasteiger partial charge in [-0.2, -0.15) is 23.5 Å². The lowest BCUT2D eigenvalue weighted by Gasteiger charge is -2.30. The number of benzene rings is 1. The van der Waals surface area contributed by atoms with Crippen LogP contribution in [0, 0.1) is 5.82 Å². The summed E-state index contributed by atoms with van der Waals surface area (Å²) in [5, 5.41) is 4.66. The van der Waals surface area contributed by atoms with Crippen molar-refractivity contribution in [3.8, 4) is 0 Å². The Labute approximate surface area is 134 Å². The first-order valence-electron chi connectivity index (χ1n) is 7.08. The van der Waals surface area contributed by atoms with Crippen LogP contribution in [0.3, 0.4) is 0 Å². The van der Waals surface area contributed by atoms with E-state index in [9.17, 15) is 4.39 Å². The Morgan fingerprint density at radius 3 is 2.95 bits per heavy atom. The van der Waals surface area contributed by atoms with E-state index < -0.39 is 0 Å². The Kier molecular flexibility index (Phi) is 7.02. The van der Waals surface area contributed by atoms with Crippen LogP contribution in [0.4, 0.5) is 4.39 Å². The third-order valence-electron chi connectivity index (χ3n) is 3.43. The van der Waals surface area contributed by atoms with Crippen LogP contribution < -0.4 is 5.32 Å². The molecule has 0 radical (unpaired) electrons. The van der Waals surface area contributed by atoms with Crippen LogP contribution in [0.2, 0.25) is 5.02 Å². The summed E-state index contributed by atoms with van der Waals surface area (Å²) in [6, 6.07) is 5.24. The van der Waals surface area contributed by atoms with Crippen molar-refractivity contribution in [3.05, 3.63) is 34.6 Å². The zero-order chi connectivity index (χ0) is 14.4. The highest BCUT2D eigenvalue weighted by atomic mass is 35.5. The maximum atomic E-state index is 14.0. The van der Waals surface area contributed by atoms with Crippen LogP contribution in [0.25, 0.3) is 0 Å². The zero-order valence-electron chi connectivity index (χ0n) is 11.7. The Morgan fingerprint density at radius 1 is 1.45 bits per heavy atom. The molecule has 112 valence electrons. The van der Waals surface area contributed by atoms with Gasteiger partial charge in [0.2, 0.25) is 0 Å². The van der Waals surface area contributed by atoms with E-state index in [1.165, 1.54) is 17.6 Å². The first-order valence-corrected chi connectivity index (χ1v) is 9.66. The first kappa shape index (κ1) is 16.5. The van der Waals surface area contributed by atoms with Crippen LogP contribution in [0.5, 0.6) is 0 Å². The van der Waals surface area contributed by atoms with Crippen LogP contribution in [0.1, 0.15) is 18.9 Å². The summed E-state index contributed by atoms with van der Waals surface area (Å²) in [6.07, 6.45) is 1.76. The molecule has 1 aromatic carbocycles. The van der Waals surface area contributed by atoms with E-state index in [1.54, 1.807) is 12.1 Å². The van der Waals surface area contributed by atoms with E-state index in [-0.39, 0.29) is 5.82 Å². The molecule has 0 spiro atoms. The number of hydrogen-bond acceptors (Lipinski definition) is 3. The lowest BCUT2D eigenvalue weighted by molar-refractivity contribution is 0.493. The summed E-state index contributed by atoms with van der Waals surface area (Å²) in [6.45, 7) is 3.13. The molecule has 1 fully saturated rings. The van der Waals surface area contributed by atoms with E-state index in [2.05, 4.69) is 12.2 Å². The predicted molar refractivity (Wildman–Crippen MR) is 90.8 cm³/mol. The third kappa shape index (κ3) is 4.55. The molecule has 0 bridgehead atoms. The topological polar surface area (TPSA) is 12.0 Å². The van der Waals surface area contributed by atoms with Crippen molar-refractivity contribution in [2.75, 3.05) is 23.8 Å². The fourth-order valence-corrected chi connectivity index (χ4v) is 5.48. The van der Waals surface area contributed by atoms with Crippen molar-refractivity contribution in [2.24, 2.45) is 0 Å². The maximum absolute atomic E-state index is 14.0. The van der Waals surface area contributed by atoms with Gasteiger partial charge in [0.05, 0.1) is 0 Å². The van der Waals surface area contributed by atoms with Gasteiger partial charge in [0.25, 0.3) is 0 Å². The second-order valence-electron chi connectivity index (χ2n) is 4.95. The van der Waals surface area contributed by atoms with Crippen molar-refractivity contribution in [1.29, 1.82) is 0 Å². The third-order valence-corrected chi connectivity index (χ3v) is 6.71. The Morgan fingerprint density at radius 2 is 2.30 bits per heavy atom. The maximum Gasteiger partial charge on any atom is 0.127 e. The monoisotopic (exact) mass is 333 g/mol. The summed E-state index contributed by atoms with van der Waals surface area (Å²) in [4.78, 5) is 0. The highest BCUT2D eigenvalue weighted by molar-refractivity contribution is 8.06. The average Bonchev–Trinajstić information content (AvgIpc) is 2.47. The second-order valence-corrected chi connectivity index (χ2v) is 7.85. The number of halogens is 2. The minimum atomic E-state index is -0.186. The van der Waals surface area contributed by atoms with E-state index in [1.807, 2.05) is 23.5 Å². The van der Waals surface area contributed by atoms with Crippen LogP contribution in [-0.2, 0) is 6.42 Å². The highest BCUT2D eigenvalue weighted by Crippen LogP contribution is 2.29. The van der Waals surface area contributed by atoms with Crippen LogP contribution in [0.15, 0.2) is 18.2 Å². The van der Waals surface area contributed by atoms with Gasteiger partial charge in [-0.15, -0.1) is 0 Å². The Hall–Kier alpha value is 0.1000. The molecule has 5 heteroatoms. The molecular formula is C15H21ClFNS2. The summed E-state index contributed by atoms with van der Waals surface area (Å²) in [5.41, 5.74) is 0.652. The minimum absolute atomic E-state index is 0.186. The molecule has 0 aliphatic carbocycles. The normalized spacial score (nSPS) is 20.9. The molecular weight excluding hydrogens is 313 g/mol. The van der Waals surface area contributed by atoms with Crippen molar-refractivity contribution < 1.29 is 4.39 Å². The molecule has 1 nitrogen and oxygen atoms in total. The molecule has 1 saturated heterocycles. The molecule has 1 N–H and O–H groups in total. The summed E-state index contributed by atoms with van der Waals surface area (Å²) in [7, 11) is 0. The molecule has 20 heavy (non-hydrogen) atoms. The predicted octanol–water partition coefficient (Wildman–Crippen LogP) is 4.24. The first-order chi connectivity index (χ1) is 9.72. The average molecular weight is 334 g/mol. The Bertz CT molecular complexity index is 404. The van der Waals surface area contributed by atoms with Crippen molar-refractivity contribution in [1.82, 2.24) is 5.32 Å². The Balaban J connectivity index is 2.09. The zero-order valence-corrected chi connectivity index (χ0v) is 14.1. The van der Waals surface area contributed by atoms with E-state index in [0.717, 1.165) is 18.7 Å². The van der Waals surface area contributed by atoms with Gasteiger partial charge in [-0.05, 0) is 31.5 Å². The highest BCUT2D eigenvalue weighted by Gasteiger charge is 2.25. The summed E-state index contributed by atoms with van der Waals surface area (Å²) in [5.74, 6) is 3.36. The van der Waals surface area contributed by atoms with E-state index in [4.69, 9.17) is 11.6 Å². The van der Waals surface area contributed by atoms with Gasteiger partial charge in [-0.1, -0.05) is 24.6 Å². The summed E-state index contributed by atoms with van der Waals surface area (Å²) < 4.78 is 14.0. The van der Waals surface area contributed by atoms with Crippen molar-refractivity contribution in [3.63, 3.8) is 0 Å². The molecule has 1 aliphatic rings. The van der Waals surface area contributed by atoms with Crippen LogP contribution >= 0.6 is 35.1 Å². The number of hydrogen-bond donors (Lipinski definition) is 1. The molecule has 1 aromatic rings. The second kappa shape index (κ2) is 8.52. The molecule has 2 unspecified atom stereocenters. The quantitative estimate of drug-likeness (QED) is 0.836. The van der Waals surface area contributed by atoms with E-state index in [0.29, 0.717) is 28.3 Å². The summed E-state index contributed by atoms with van der Waals surface area (Å²) >= 11 is 10.2. The van der Waals surface area contributed by atoms with Gasteiger partial charge in [0.15, 0.2) is 0 Å². The minimum Gasteiger partial charge on any atom is -0.313 e. The van der Waals surface area contributed by atoms with Gasteiger partial charge in [0.1, 0.15) is 5.82 Å². The number of rotatable bonds is 6. The molecule has 0 amide bonds. The lowest BCUT2D eigenvalue weighted by Crippen LogP contribution is -2.43. The molecule has 2 atom stereocenters. The van der Waals surface area contributed by atoms with Gasteiger partial charge in [-0.3, -0.25) is 0 Å². The molecule has 2 rings (SSSR count).